The average molecular weight is 289 g/mol. The second-order valence-electron chi connectivity index (χ2n) is 5.87. The van der Waals surface area contributed by atoms with Gasteiger partial charge in [-0.25, -0.2) is 0 Å². The Balaban J connectivity index is 2.01. The molecule has 0 aliphatic heterocycles. The number of hydrogen-bond acceptors (Lipinski definition) is 3. The van der Waals surface area contributed by atoms with Gasteiger partial charge in [-0.05, 0) is 47.1 Å². The fraction of sp³-hybridized carbons (Fsp3) is 0.625. The third-order valence-electron chi connectivity index (χ3n) is 4.30. The van der Waals surface area contributed by atoms with Crippen LogP contribution in [0, 0.1) is 20.8 Å². The van der Waals surface area contributed by atoms with Crippen molar-refractivity contribution in [3.05, 3.63) is 34.9 Å². The second kappa shape index (κ2) is 6.43. The zero-order valence-corrected chi connectivity index (χ0v) is 14.0. The van der Waals surface area contributed by atoms with E-state index in [1.807, 2.05) is 10.9 Å². The molecule has 2 aromatic heterocycles. The summed E-state index contributed by atoms with van der Waals surface area (Å²) >= 11 is 0. The van der Waals surface area contributed by atoms with Crippen LogP contribution in [0.3, 0.4) is 0 Å². The lowest BCUT2D eigenvalue weighted by molar-refractivity contribution is 0.364. The van der Waals surface area contributed by atoms with Gasteiger partial charge in [0.1, 0.15) is 0 Å². The SMILES string of the molecule is CCn1nc(C)c(CN[C@H](C)[C@@H](C)n2cc(C)cn2)c1C. The number of hydrogen-bond donors (Lipinski definition) is 1. The third-order valence-corrected chi connectivity index (χ3v) is 4.30. The van der Waals surface area contributed by atoms with E-state index in [9.17, 15) is 0 Å². The summed E-state index contributed by atoms with van der Waals surface area (Å²) < 4.78 is 4.10. The number of aryl methyl sites for hydroxylation is 3. The first-order valence-electron chi connectivity index (χ1n) is 7.71. The summed E-state index contributed by atoms with van der Waals surface area (Å²) in [4.78, 5) is 0. The minimum absolute atomic E-state index is 0.320. The van der Waals surface area contributed by atoms with Crippen molar-refractivity contribution >= 4 is 0 Å². The Morgan fingerprint density at radius 1 is 1.24 bits per heavy atom. The van der Waals surface area contributed by atoms with E-state index >= 15 is 0 Å². The first-order valence-corrected chi connectivity index (χ1v) is 7.71. The first-order chi connectivity index (χ1) is 9.93. The molecule has 0 amide bonds. The molecule has 0 saturated carbocycles. The first kappa shape index (κ1) is 15.8. The summed E-state index contributed by atoms with van der Waals surface area (Å²) in [6, 6.07) is 0.661. The molecule has 2 rings (SSSR count). The Kier molecular flexibility index (Phi) is 4.83. The quantitative estimate of drug-likeness (QED) is 0.889. The lowest BCUT2D eigenvalue weighted by Crippen LogP contribution is -2.33. The molecule has 2 atom stereocenters. The largest absolute Gasteiger partial charge is 0.308 e. The highest BCUT2D eigenvalue weighted by molar-refractivity contribution is 5.24. The van der Waals surface area contributed by atoms with Gasteiger partial charge in [0.15, 0.2) is 0 Å². The van der Waals surface area contributed by atoms with Crippen LogP contribution in [0.2, 0.25) is 0 Å². The Hall–Kier alpha value is -1.62. The Bertz CT molecular complexity index is 596. The van der Waals surface area contributed by atoms with Crippen LogP contribution in [0.15, 0.2) is 12.4 Å². The van der Waals surface area contributed by atoms with Gasteiger partial charge < -0.3 is 5.32 Å². The van der Waals surface area contributed by atoms with Crippen molar-refractivity contribution in [3.8, 4) is 0 Å². The summed E-state index contributed by atoms with van der Waals surface area (Å²) in [6.45, 7) is 14.6. The van der Waals surface area contributed by atoms with Gasteiger partial charge in [0, 0.05) is 36.6 Å². The molecule has 0 bridgehead atoms. The van der Waals surface area contributed by atoms with E-state index in [2.05, 4.69) is 67.9 Å². The van der Waals surface area contributed by atoms with Gasteiger partial charge in [0.05, 0.1) is 17.9 Å². The van der Waals surface area contributed by atoms with Gasteiger partial charge in [-0.15, -0.1) is 0 Å². The zero-order valence-electron chi connectivity index (χ0n) is 14.0. The molecule has 5 nitrogen and oxygen atoms in total. The molecule has 116 valence electrons. The standard InChI is InChI=1S/C16H27N5/c1-7-20-15(6)16(13(4)19-20)9-17-12(3)14(5)21-10-11(2)8-18-21/h8,10,12,14,17H,7,9H2,1-6H3/t12-,14-/m1/s1. The lowest BCUT2D eigenvalue weighted by Gasteiger charge is -2.22. The van der Waals surface area contributed by atoms with Gasteiger partial charge in [-0.3, -0.25) is 9.36 Å². The van der Waals surface area contributed by atoms with Crippen molar-refractivity contribution in [1.29, 1.82) is 0 Å². The van der Waals surface area contributed by atoms with Crippen molar-refractivity contribution in [2.75, 3.05) is 0 Å². The number of rotatable bonds is 6. The highest BCUT2D eigenvalue weighted by Crippen LogP contribution is 2.15. The highest BCUT2D eigenvalue weighted by Gasteiger charge is 2.16. The van der Waals surface area contributed by atoms with Crippen LogP contribution >= 0.6 is 0 Å². The molecule has 0 spiro atoms. The summed E-state index contributed by atoms with van der Waals surface area (Å²) in [5, 5.41) is 12.6. The molecule has 21 heavy (non-hydrogen) atoms. The molecule has 0 unspecified atom stereocenters. The van der Waals surface area contributed by atoms with Crippen molar-refractivity contribution in [1.82, 2.24) is 24.9 Å². The van der Waals surface area contributed by atoms with E-state index in [-0.39, 0.29) is 0 Å². The fourth-order valence-corrected chi connectivity index (χ4v) is 2.62. The minimum Gasteiger partial charge on any atom is -0.308 e. The molecule has 1 N–H and O–H groups in total. The Labute approximate surface area is 127 Å². The van der Waals surface area contributed by atoms with Gasteiger partial charge >= 0.3 is 0 Å². The molecule has 0 aliphatic carbocycles. The fourth-order valence-electron chi connectivity index (χ4n) is 2.62. The number of nitrogens with zero attached hydrogens (tertiary/aromatic N) is 4. The molecule has 0 aromatic carbocycles. The highest BCUT2D eigenvalue weighted by atomic mass is 15.3. The second-order valence-corrected chi connectivity index (χ2v) is 5.87. The van der Waals surface area contributed by atoms with Crippen LogP contribution < -0.4 is 5.32 Å². The van der Waals surface area contributed by atoms with Gasteiger partial charge in [0.2, 0.25) is 0 Å². The van der Waals surface area contributed by atoms with Crippen LogP contribution in [0.25, 0.3) is 0 Å². The summed E-state index contributed by atoms with van der Waals surface area (Å²) in [5.41, 5.74) is 4.89. The molecule has 2 aromatic rings. The topological polar surface area (TPSA) is 47.7 Å². The normalized spacial score (nSPS) is 14.4. The predicted molar refractivity (Wildman–Crippen MR) is 85.4 cm³/mol. The van der Waals surface area contributed by atoms with Crippen molar-refractivity contribution < 1.29 is 0 Å². The maximum absolute atomic E-state index is 4.57. The lowest BCUT2D eigenvalue weighted by atomic mass is 10.1. The van der Waals surface area contributed by atoms with Gasteiger partial charge in [-0.2, -0.15) is 10.2 Å². The minimum atomic E-state index is 0.320. The molecule has 5 heteroatoms. The average Bonchev–Trinajstić information content (AvgIpc) is 3.00. The van der Waals surface area contributed by atoms with Crippen LogP contribution in [0.4, 0.5) is 0 Å². The summed E-state index contributed by atoms with van der Waals surface area (Å²) in [7, 11) is 0. The smallest absolute Gasteiger partial charge is 0.0641 e. The maximum atomic E-state index is 4.57. The van der Waals surface area contributed by atoms with E-state index in [0.717, 1.165) is 18.8 Å². The molecule has 0 fully saturated rings. The number of nitrogens with one attached hydrogen (secondary N) is 1. The van der Waals surface area contributed by atoms with Crippen molar-refractivity contribution in [2.45, 2.75) is 66.7 Å². The predicted octanol–water partition coefficient (Wildman–Crippen LogP) is 2.76. The molecule has 2 heterocycles. The Morgan fingerprint density at radius 2 is 1.95 bits per heavy atom. The number of aromatic nitrogens is 4. The van der Waals surface area contributed by atoms with E-state index in [1.54, 1.807) is 0 Å². The van der Waals surface area contributed by atoms with Gasteiger partial charge in [-0.1, -0.05) is 0 Å². The Morgan fingerprint density at radius 3 is 2.48 bits per heavy atom. The van der Waals surface area contributed by atoms with E-state index < -0.39 is 0 Å². The zero-order chi connectivity index (χ0) is 15.6. The molecule has 0 radical (unpaired) electrons. The van der Waals surface area contributed by atoms with E-state index in [1.165, 1.54) is 16.8 Å². The van der Waals surface area contributed by atoms with E-state index in [0.29, 0.717) is 12.1 Å². The maximum Gasteiger partial charge on any atom is 0.0641 e. The van der Waals surface area contributed by atoms with Gasteiger partial charge in [0.25, 0.3) is 0 Å². The van der Waals surface area contributed by atoms with Crippen LogP contribution in [-0.4, -0.2) is 25.6 Å². The summed E-state index contributed by atoms with van der Waals surface area (Å²) in [5.74, 6) is 0. The van der Waals surface area contributed by atoms with Crippen LogP contribution in [-0.2, 0) is 13.1 Å². The third kappa shape index (κ3) is 3.35. The van der Waals surface area contributed by atoms with Crippen molar-refractivity contribution in [3.63, 3.8) is 0 Å². The molecule has 0 aliphatic rings. The summed E-state index contributed by atoms with van der Waals surface area (Å²) in [6.07, 6.45) is 4.00. The molecular weight excluding hydrogens is 262 g/mol. The monoisotopic (exact) mass is 289 g/mol. The van der Waals surface area contributed by atoms with Crippen molar-refractivity contribution in [2.24, 2.45) is 0 Å². The van der Waals surface area contributed by atoms with E-state index in [4.69, 9.17) is 0 Å². The molecular formula is C16H27N5. The van der Waals surface area contributed by atoms with Crippen LogP contribution in [0.5, 0.6) is 0 Å². The molecule has 0 saturated heterocycles. The van der Waals surface area contributed by atoms with Crippen LogP contribution in [0.1, 0.15) is 49.3 Å².